The molecule has 0 radical (unpaired) electrons. The Bertz CT molecular complexity index is 320. The first-order valence-electron chi connectivity index (χ1n) is 10.5. The van der Waals surface area contributed by atoms with Gasteiger partial charge in [-0.25, -0.2) is 0 Å². The Morgan fingerprint density at radius 3 is 1.64 bits per heavy atom. The predicted octanol–water partition coefficient (Wildman–Crippen LogP) is 7.23. The lowest BCUT2D eigenvalue weighted by Gasteiger charge is -2.44. The molecule has 0 saturated heterocycles. The van der Waals surface area contributed by atoms with Crippen LogP contribution in [0.5, 0.6) is 0 Å². The van der Waals surface area contributed by atoms with Gasteiger partial charge in [0.05, 0.1) is 0 Å². The van der Waals surface area contributed by atoms with Crippen molar-refractivity contribution in [2.45, 2.75) is 104 Å². The lowest BCUT2D eigenvalue weighted by atomic mass is 9.62. The van der Waals surface area contributed by atoms with Crippen LogP contribution in [0.15, 0.2) is 0 Å². The van der Waals surface area contributed by atoms with Gasteiger partial charge in [0.25, 0.3) is 0 Å². The molecule has 3 fully saturated rings. The highest BCUT2D eigenvalue weighted by Gasteiger charge is 2.37. The van der Waals surface area contributed by atoms with Gasteiger partial charge >= 0.3 is 0 Å². The zero-order valence-corrected chi connectivity index (χ0v) is 15.6. The summed E-state index contributed by atoms with van der Waals surface area (Å²) in [7, 11) is 0. The van der Waals surface area contributed by atoms with E-state index < -0.39 is 0 Å². The Morgan fingerprint density at radius 1 is 0.636 bits per heavy atom. The third-order valence-electron chi connectivity index (χ3n) is 7.88. The number of rotatable bonds is 3. The van der Waals surface area contributed by atoms with Crippen LogP contribution < -0.4 is 0 Å². The fraction of sp³-hybridized carbons (Fsp3) is 1.00. The van der Waals surface area contributed by atoms with Gasteiger partial charge in [0, 0.05) is 0 Å². The minimum Gasteiger partial charge on any atom is -0.0625 e. The number of hydrogen-bond acceptors (Lipinski definition) is 0. The van der Waals surface area contributed by atoms with Gasteiger partial charge in [-0.2, -0.15) is 0 Å². The zero-order chi connectivity index (χ0) is 15.6. The maximum Gasteiger partial charge on any atom is -0.0323 e. The molecule has 0 bridgehead atoms. The Labute approximate surface area is 139 Å². The van der Waals surface area contributed by atoms with E-state index in [1.54, 1.807) is 32.1 Å². The Kier molecular flexibility index (Phi) is 5.56. The molecular weight excluding hydrogens is 264 g/mol. The minimum atomic E-state index is 0.698. The SMILES string of the molecule is CC1CCC(CC2(C)CCC(C3CCC(C)CC3)CC2)CC1. The van der Waals surface area contributed by atoms with Crippen molar-refractivity contribution in [3.05, 3.63) is 0 Å². The van der Waals surface area contributed by atoms with E-state index in [1.165, 1.54) is 51.4 Å². The van der Waals surface area contributed by atoms with E-state index in [1.807, 2.05) is 0 Å². The third kappa shape index (κ3) is 4.30. The molecule has 0 aromatic heterocycles. The Balaban J connectivity index is 1.44. The molecule has 0 amide bonds. The highest BCUT2D eigenvalue weighted by molar-refractivity contribution is 4.88. The van der Waals surface area contributed by atoms with Crippen LogP contribution in [-0.4, -0.2) is 0 Å². The van der Waals surface area contributed by atoms with Gasteiger partial charge in [0.15, 0.2) is 0 Å². The first kappa shape index (κ1) is 16.8. The second-order valence-corrected chi connectivity index (χ2v) is 10.00. The van der Waals surface area contributed by atoms with Crippen molar-refractivity contribution in [2.75, 3.05) is 0 Å². The largest absolute Gasteiger partial charge is 0.0625 e. The fourth-order valence-electron chi connectivity index (χ4n) is 6.00. The van der Waals surface area contributed by atoms with Crippen LogP contribution in [0.2, 0.25) is 0 Å². The molecule has 0 aliphatic heterocycles. The lowest BCUT2D eigenvalue weighted by Crippen LogP contribution is -2.32. The van der Waals surface area contributed by atoms with Crippen LogP contribution in [0, 0.1) is 35.0 Å². The van der Waals surface area contributed by atoms with Crippen LogP contribution in [-0.2, 0) is 0 Å². The summed E-state index contributed by atoms with van der Waals surface area (Å²) in [5.74, 6) is 5.27. The van der Waals surface area contributed by atoms with Gasteiger partial charge in [-0.15, -0.1) is 0 Å². The smallest absolute Gasteiger partial charge is 0.0323 e. The van der Waals surface area contributed by atoms with E-state index >= 15 is 0 Å². The van der Waals surface area contributed by atoms with E-state index in [2.05, 4.69) is 20.8 Å². The van der Waals surface area contributed by atoms with E-state index in [-0.39, 0.29) is 0 Å². The van der Waals surface area contributed by atoms with E-state index in [9.17, 15) is 0 Å². The predicted molar refractivity (Wildman–Crippen MR) is 96.9 cm³/mol. The second-order valence-electron chi connectivity index (χ2n) is 10.00. The number of hydrogen-bond donors (Lipinski definition) is 0. The van der Waals surface area contributed by atoms with Crippen molar-refractivity contribution >= 4 is 0 Å². The van der Waals surface area contributed by atoms with Gasteiger partial charge in [0.1, 0.15) is 0 Å². The van der Waals surface area contributed by atoms with Crippen LogP contribution in [0.25, 0.3) is 0 Å². The van der Waals surface area contributed by atoms with Crippen molar-refractivity contribution in [3.63, 3.8) is 0 Å². The summed E-state index contributed by atoms with van der Waals surface area (Å²) in [6.07, 6.45) is 19.9. The average Bonchev–Trinajstić information content (AvgIpc) is 2.51. The molecule has 0 heteroatoms. The summed E-state index contributed by atoms with van der Waals surface area (Å²) in [5, 5.41) is 0. The van der Waals surface area contributed by atoms with Crippen LogP contribution in [0.3, 0.4) is 0 Å². The summed E-state index contributed by atoms with van der Waals surface area (Å²) in [5.41, 5.74) is 0.698. The van der Waals surface area contributed by atoms with Crippen LogP contribution in [0.1, 0.15) is 104 Å². The fourth-order valence-corrected chi connectivity index (χ4v) is 6.00. The minimum absolute atomic E-state index is 0.698. The highest BCUT2D eigenvalue weighted by Crippen LogP contribution is 2.49. The van der Waals surface area contributed by atoms with E-state index in [0.717, 1.165) is 29.6 Å². The molecule has 3 rings (SSSR count). The molecule has 22 heavy (non-hydrogen) atoms. The first-order chi connectivity index (χ1) is 10.5. The standard InChI is InChI=1S/C22H40/c1-17-4-8-19(9-5-17)16-22(3)14-12-21(13-15-22)20-10-6-18(2)7-11-20/h17-21H,4-16H2,1-3H3. The molecule has 0 nitrogen and oxygen atoms in total. The molecule has 128 valence electrons. The average molecular weight is 305 g/mol. The van der Waals surface area contributed by atoms with E-state index in [0.29, 0.717) is 5.41 Å². The van der Waals surface area contributed by atoms with Crippen molar-refractivity contribution in [1.29, 1.82) is 0 Å². The maximum atomic E-state index is 2.63. The molecule has 0 aromatic carbocycles. The van der Waals surface area contributed by atoms with Crippen molar-refractivity contribution < 1.29 is 0 Å². The van der Waals surface area contributed by atoms with Gasteiger partial charge in [-0.05, 0) is 80.0 Å². The summed E-state index contributed by atoms with van der Waals surface area (Å²) >= 11 is 0. The molecule has 0 atom stereocenters. The Hall–Kier alpha value is 0. The topological polar surface area (TPSA) is 0 Å². The monoisotopic (exact) mass is 304 g/mol. The lowest BCUT2D eigenvalue weighted by molar-refractivity contribution is 0.0778. The normalized spacial score (nSPS) is 47.3. The molecule has 0 unspecified atom stereocenters. The molecule has 3 aliphatic rings. The zero-order valence-electron chi connectivity index (χ0n) is 15.6. The molecule has 3 saturated carbocycles. The quantitative estimate of drug-likeness (QED) is 0.516. The molecular formula is C22H40. The van der Waals surface area contributed by atoms with Crippen LogP contribution in [0.4, 0.5) is 0 Å². The molecule has 0 N–H and O–H groups in total. The molecule has 0 aromatic rings. The summed E-state index contributed by atoms with van der Waals surface area (Å²) < 4.78 is 0. The summed E-state index contributed by atoms with van der Waals surface area (Å²) in [4.78, 5) is 0. The van der Waals surface area contributed by atoms with E-state index in [4.69, 9.17) is 0 Å². The van der Waals surface area contributed by atoms with Gasteiger partial charge in [-0.3, -0.25) is 0 Å². The molecule has 3 aliphatic carbocycles. The van der Waals surface area contributed by atoms with Crippen molar-refractivity contribution in [3.8, 4) is 0 Å². The van der Waals surface area contributed by atoms with Crippen molar-refractivity contribution in [1.82, 2.24) is 0 Å². The third-order valence-corrected chi connectivity index (χ3v) is 7.88. The van der Waals surface area contributed by atoms with Gasteiger partial charge in [0.2, 0.25) is 0 Å². The second kappa shape index (κ2) is 7.27. The molecule has 0 spiro atoms. The highest BCUT2D eigenvalue weighted by atomic mass is 14.4. The Morgan fingerprint density at radius 2 is 1.09 bits per heavy atom. The van der Waals surface area contributed by atoms with Crippen LogP contribution >= 0.6 is 0 Å². The summed E-state index contributed by atoms with van der Waals surface area (Å²) in [6.45, 7) is 7.54. The molecule has 0 heterocycles. The van der Waals surface area contributed by atoms with Gasteiger partial charge < -0.3 is 0 Å². The maximum absolute atomic E-state index is 2.63. The van der Waals surface area contributed by atoms with Gasteiger partial charge in [-0.1, -0.05) is 59.3 Å². The van der Waals surface area contributed by atoms with Crippen molar-refractivity contribution in [2.24, 2.45) is 35.0 Å². The summed E-state index contributed by atoms with van der Waals surface area (Å²) in [6, 6.07) is 0. The first-order valence-corrected chi connectivity index (χ1v) is 10.5.